The summed E-state index contributed by atoms with van der Waals surface area (Å²) >= 11 is 8.06. The lowest BCUT2D eigenvalue weighted by atomic mass is 10.2. The van der Waals surface area contributed by atoms with Gasteiger partial charge in [0.2, 0.25) is 0 Å². The van der Waals surface area contributed by atoms with E-state index in [9.17, 15) is 0 Å². The number of aromatic nitrogens is 2. The highest BCUT2D eigenvalue weighted by Gasteiger charge is 2.16. The molecule has 1 aromatic carbocycles. The monoisotopic (exact) mass is 265 g/mol. The van der Waals surface area contributed by atoms with Crippen molar-refractivity contribution in [3.63, 3.8) is 0 Å². The van der Waals surface area contributed by atoms with E-state index in [1.165, 1.54) is 0 Å². The zero-order valence-electron chi connectivity index (χ0n) is 9.27. The highest BCUT2D eigenvalue weighted by atomic mass is 35.5. The normalized spacial score (nSPS) is 16.4. The second-order valence-corrected chi connectivity index (χ2v) is 5.54. The van der Waals surface area contributed by atoms with Gasteiger partial charge in [-0.3, -0.25) is 0 Å². The molecule has 1 aliphatic rings. The van der Waals surface area contributed by atoms with Crippen molar-refractivity contribution in [2.24, 2.45) is 0 Å². The molecule has 1 saturated heterocycles. The topological polar surface area (TPSA) is 29.0 Å². The zero-order valence-corrected chi connectivity index (χ0v) is 10.8. The van der Waals surface area contributed by atoms with E-state index in [1.54, 1.807) is 0 Å². The van der Waals surface area contributed by atoms with Gasteiger partial charge in [0.1, 0.15) is 0 Å². The van der Waals surface area contributed by atoms with Gasteiger partial charge >= 0.3 is 0 Å². The number of hydrogen-bond acceptors (Lipinski definition) is 4. The molecule has 1 aliphatic heterocycles. The van der Waals surface area contributed by atoms with Crippen LogP contribution in [-0.4, -0.2) is 34.8 Å². The SMILES string of the molecule is Clc1nnc(N2CCSCC2)c2ccccc12. The fourth-order valence-corrected chi connectivity index (χ4v) is 3.17. The molecule has 2 heterocycles. The maximum absolute atomic E-state index is 6.07. The predicted octanol–water partition coefficient (Wildman–Crippen LogP) is 2.84. The molecule has 0 spiro atoms. The number of rotatable bonds is 1. The lowest BCUT2D eigenvalue weighted by Gasteiger charge is -2.27. The van der Waals surface area contributed by atoms with Crippen molar-refractivity contribution in [1.82, 2.24) is 10.2 Å². The Bertz CT molecular complexity index is 540. The van der Waals surface area contributed by atoms with Gasteiger partial charge in [-0.05, 0) is 0 Å². The van der Waals surface area contributed by atoms with Gasteiger partial charge in [0.25, 0.3) is 0 Å². The van der Waals surface area contributed by atoms with E-state index in [1.807, 2.05) is 30.0 Å². The first-order chi connectivity index (χ1) is 8.36. The zero-order chi connectivity index (χ0) is 11.7. The van der Waals surface area contributed by atoms with Gasteiger partial charge in [0.15, 0.2) is 11.0 Å². The number of fused-ring (bicyclic) bond motifs is 1. The number of halogens is 1. The van der Waals surface area contributed by atoms with Crippen molar-refractivity contribution in [2.75, 3.05) is 29.5 Å². The molecule has 88 valence electrons. The summed E-state index contributed by atoms with van der Waals surface area (Å²) < 4.78 is 0. The Morgan fingerprint density at radius 1 is 1.06 bits per heavy atom. The van der Waals surface area contributed by atoms with E-state index in [2.05, 4.69) is 21.2 Å². The van der Waals surface area contributed by atoms with Gasteiger partial charge in [0.05, 0.1) is 0 Å². The Labute approximate surface area is 109 Å². The van der Waals surface area contributed by atoms with E-state index < -0.39 is 0 Å². The van der Waals surface area contributed by atoms with Crippen LogP contribution in [0.1, 0.15) is 0 Å². The third-order valence-electron chi connectivity index (χ3n) is 2.93. The molecule has 17 heavy (non-hydrogen) atoms. The molecule has 0 atom stereocenters. The second kappa shape index (κ2) is 4.70. The quantitative estimate of drug-likeness (QED) is 0.793. The van der Waals surface area contributed by atoms with Gasteiger partial charge in [0, 0.05) is 35.4 Å². The van der Waals surface area contributed by atoms with Crippen molar-refractivity contribution in [3.05, 3.63) is 29.4 Å². The predicted molar refractivity (Wildman–Crippen MR) is 74.1 cm³/mol. The summed E-state index contributed by atoms with van der Waals surface area (Å²) in [4.78, 5) is 2.29. The van der Waals surface area contributed by atoms with Crippen LogP contribution in [0, 0.1) is 0 Å². The smallest absolute Gasteiger partial charge is 0.159 e. The molecule has 0 amide bonds. The molecule has 5 heteroatoms. The summed E-state index contributed by atoms with van der Waals surface area (Å²) in [6, 6.07) is 8.05. The molecule has 1 fully saturated rings. The number of hydrogen-bond donors (Lipinski definition) is 0. The van der Waals surface area contributed by atoms with Crippen molar-refractivity contribution in [2.45, 2.75) is 0 Å². The van der Waals surface area contributed by atoms with Gasteiger partial charge in [-0.25, -0.2) is 0 Å². The molecule has 0 saturated carbocycles. The molecule has 0 unspecified atom stereocenters. The first-order valence-electron chi connectivity index (χ1n) is 5.60. The molecule has 3 nitrogen and oxygen atoms in total. The van der Waals surface area contributed by atoms with Crippen LogP contribution in [0.2, 0.25) is 5.15 Å². The molecular formula is C12H12ClN3S. The number of benzene rings is 1. The maximum Gasteiger partial charge on any atom is 0.159 e. The molecule has 0 bridgehead atoms. The van der Waals surface area contributed by atoms with Crippen LogP contribution in [0.5, 0.6) is 0 Å². The fraction of sp³-hybridized carbons (Fsp3) is 0.333. The minimum absolute atomic E-state index is 0.482. The first kappa shape index (κ1) is 11.1. The summed E-state index contributed by atoms with van der Waals surface area (Å²) in [5.41, 5.74) is 0. The van der Waals surface area contributed by atoms with E-state index in [0.717, 1.165) is 41.2 Å². The number of thioether (sulfide) groups is 1. The van der Waals surface area contributed by atoms with Crippen molar-refractivity contribution < 1.29 is 0 Å². The minimum Gasteiger partial charge on any atom is -0.353 e. The Balaban J connectivity index is 2.12. The average molecular weight is 266 g/mol. The van der Waals surface area contributed by atoms with E-state index >= 15 is 0 Å². The van der Waals surface area contributed by atoms with Crippen LogP contribution in [0.3, 0.4) is 0 Å². The Kier molecular flexibility index (Phi) is 3.07. The first-order valence-corrected chi connectivity index (χ1v) is 7.13. The molecule has 2 aromatic rings. The minimum atomic E-state index is 0.482. The summed E-state index contributed by atoms with van der Waals surface area (Å²) in [7, 11) is 0. The standard InChI is InChI=1S/C12H12ClN3S/c13-11-9-3-1-2-4-10(9)12(15-14-11)16-5-7-17-8-6-16/h1-4H,5-8H2. The Hall–Kier alpha value is -1.00. The van der Waals surface area contributed by atoms with Crippen LogP contribution in [0.15, 0.2) is 24.3 Å². The highest BCUT2D eigenvalue weighted by Crippen LogP contribution is 2.29. The number of nitrogens with zero attached hydrogens (tertiary/aromatic N) is 3. The van der Waals surface area contributed by atoms with Gasteiger partial charge in [-0.2, -0.15) is 11.8 Å². The summed E-state index contributed by atoms with van der Waals surface area (Å²) in [6.07, 6.45) is 0. The summed E-state index contributed by atoms with van der Waals surface area (Å²) in [6.45, 7) is 2.07. The molecule has 0 aliphatic carbocycles. The van der Waals surface area contributed by atoms with Crippen molar-refractivity contribution >= 4 is 40.0 Å². The van der Waals surface area contributed by atoms with Crippen LogP contribution >= 0.6 is 23.4 Å². The lowest BCUT2D eigenvalue weighted by Crippen LogP contribution is -2.33. The maximum atomic E-state index is 6.07. The third-order valence-corrected chi connectivity index (χ3v) is 4.16. The van der Waals surface area contributed by atoms with Gasteiger partial charge in [-0.1, -0.05) is 35.9 Å². The fourth-order valence-electron chi connectivity index (χ4n) is 2.07. The molecule has 0 radical (unpaired) electrons. The average Bonchev–Trinajstić information content (AvgIpc) is 2.41. The van der Waals surface area contributed by atoms with Crippen LogP contribution in [-0.2, 0) is 0 Å². The third kappa shape index (κ3) is 2.07. The largest absolute Gasteiger partial charge is 0.353 e. The van der Waals surface area contributed by atoms with E-state index in [-0.39, 0.29) is 0 Å². The van der Waals surface area contributed by atoms with Crippen molar-refractivity contribution in [3.8, 4) is 0 Å². The second-order valence-electron chi connectivity index (χ2n) is 3.96. The van der Waals surface area contributed by atoms with E-state index in [0.29, 0.717) is 5.15 Å². The van der Waals surface area contributed by atoms with Crippen LogP contribution < -0.4 is 4.90 Å². The van der Waals surface area contributed by atoms with Crippen LogP contribution in [0.4, 0.5) is 5.82 Å². The lowest BCUT2D eigenvalue weighted by molar-refractivity contribution is 0.826. The van der Waals surface area contributed by atoms with Gasteiger partial charge in [-0.15, -0.1) is 10.2 Å². The molecular weight excluding hydrogens is 254 g/mol. The van der Waals surface area contributed by atoms with Crippen LogP contribution in [0.25, 0.3) is 10.8 Å². The molecule has 1 aromatic heterocycles. The van der Waals surface area contributed by atoms with Crippen molar-refractivity contribution in [1.29, 1.82) is 0 Å². The summed E-state index contributed by atoms with van der Waals surface area (Å²) in [5, 5.41) is 10.9. The Morgan fingerprint density at radius 3 is 2.53 bits per heavy atom. The Morgan fingerprint density at radius 2 is 1.76 bits per heavy atom. The highest BCUT2D eigenvalue weighted by molar-refractivity contribution is 7.99. The number of anilines is 1. The van der Waals surface area contributed by atoms with Gasteiger partial charge < -0.3 is 4.90 Å². The summed E-state index contributed by atoms with van der Waals surface area (Å²) in [5.74, 6) is 3.27. The molecule has 3 rings (SSSR count). The van der Waals surface area contributed by atoms with E-state index in [4.69, 9.17) is 11.6 Å². The molecule has 0 N–H and O–H groups in total.